The zero-order valence-electron chi connectivity index (χ0n) is 16.5. The minimum Gasteiger partial charge on any atom is -0.454 e. The summed E-state index contributed by atoms with van der Waals surface area (Å²) >= 11 is 2.83. The maximum Gasteiger partial charge on any atom is 0.268 e. The molecule has 0 atom stereocenters. The van der Waals surface area contributed by atoms with Crippen LogP contribution in [0.1, 0.15) is 11.3 Å². The highest BCUT2D eigenvalue weighted by Crippen LogP contribution is 2.34. The topological polar surface area (TPSA) is 82.5 Å². The van der Waals surface area contributed by atoms with Crippen LogP contribution in [-0.4, -0.2) is 33.8 Å². The van der Waals surface area contributed by atoms with E-state index in [1.807, 2.05) is 30.3 Å². The Kier molecular flexibility index (Phi) is 5.61. The molecule has 9 heteroatoms. The maximum absolute atomic E-state index is 13.1. The molecule has 0 unspecified atom stereocenters. The van der Waals surface area contributed by atoms with Crippen LogP contribution in [0, 0.1) is 0 Å². The number of fused-ring (bicyclic) bond motifs is 2. The van der Waals surface area contributed by atoms with E-state index in [9.17, 15) is 9.59 Å². The van der Waals surface area contributed by atoms with Crippen LogP contribution >= 0.6 is 23.5 Å². The summed E-state index contributed by atoms with van der Waals surface area (Å²) in [6, 6.07) is 15.1. The number of rotatable bonds is 6. The molecule has 7 nitrogen and oxygen atoms in total. The normalized spacial score (nSPS) is 13.8. The Morgan fingerprint density at radius 1 is 1.16 bits per heavy atom. The summed E-state index contributed by atoms with van der Waals surface area (Å²) in [4.78, 5) is 31.1. The maximum atomic E-state index is 13.1. The smallest absolute Gasteiger partial charge is 0.268 e. The van der Waals surface area contributed by atoms with Gasteiger partial charge in [0, 0.05) is 23.9 Å². The molecule has 2 aliphatic heterocycles. The molecule has 3 aromatic rings. The number of amides is 1. The molecule has 1 aromatic heterocycles. The molecule has 5 rings (SSSR count). The molecule has 0 bridgehead atoms. The quantitative estimate of drug-likeness (QED) is 0.452. The summed E-state index contributed by atoms with van der Waals surface area (Å²) in [5, 5.41) is 3.43. The monoisotopic (exact) mass is 453 g/mol. The van der Waals surface area contributed by atoms with Gasteiger partial charge in [-0.25, -0.2) is 4.98 Å². The highest BCUT2D eigenvalue weighted by atomic mass is 32.2. The van der Waals surface area contributed by atoms with Gasteiger partial charge in [-0.05, 0) is 17.7 Å². The number of aryl methyl sites for hydroxylation is 1. The highest BCUT2D eigenvalue weighted by molar-refractivity contribution is 8.00. The summed E-state index contributed by atoms with van der Waals surface area (Å²) < 4.78 is 12.3. The summed E-state index contributed by atoms with van der Waals surface area (Å²) in [6.45, 7) is 0.608. The Bertz CT molecular complexity index is 1200. The number of nitrogens with zero attached hydrogens (tertiary/aromatic N) is 2. The van der Waals surface area contributed by atoms with Crippen molar-refractivity contribution in [2.75, 3.05) is 23.6 Å². The van der Waals surface area contributed by atoms with Crippen LogP contribution in [0.15, 0.2) is 63.4 Å². The Morgan fingerprint density at radius 3 is 2.87 bits per heavy atom. The van der Waals surface area contributed by atoms with E-state index in [4.69, 9.17) is 14.5 Å². The number of hydrogen-bond acceptors (Lipinski definition) is 7. The van der Waals surface area contributed by atoms with E-state index >= 15 is 0 Å². The predicted octanol–water partition coefficient (Wildman–Crippen LogP) is 3.40. The number of anilines is 1. The van der Waals surface area contributed by atoms with E-state index in [1.54, 1.807) is 34.5 Å². The lowest BCUT2D eigenvalue weighted by Gasteiger charge is -2.14. The zero-order valence-corrected chi connectivity index (χ0v) is 18.1. The Balaban J connectivity index is 1.34. The van der Waals surface area contributed by atoms with Crippen LogP contribution in [0.4, 0.5) is 5.69 Å². The predicted molar refractivity (Wildman–Crippen MR) is 120 cm³/mol. The third-order valence-electron chi connectivity index (χ3n) is 4.92. The van der Waals surface area contributed by atoms with Crippen molar-refractivity contribution < 1.29 is 14.3 Å². The van der Waals surface area contributed by atoms with Crippen molar-refractivity contribution in [1.82, 2.24) is 9.55 Å². The third kappa shape index (κ3) is 4.28. The summed E-state index contributed by atoms with van der Waals surface area (Å²) in [5.74, 6) is 2.10. The van der Waals surface area contributed by atoms with E-state index in [0.29, 0.717) is 28.9 Å². The first-order chi connectivity index (χ1) is 15.2. The van der Waals surface area contributed by atoms with Crippen LogP contribution in [0.3, 0.4) is 0 Å². The number of nitrogens with one attached hydrogen (secondary N) is 1. The Hall–Kier alpha value is -2.91. The van der Waals surface area contributed by atoms with Crippen LogP contribution in [0.2, 0.25) is 0 Å². The summed E-state index contributed by atoms with van der Waals surface area (Å²) in [6.07, 6.45) is 0.776. The molecule has 1 amide bonds. The third-order valence-corrected chi connectivity index (χ3v) is 7.00. The number of benzene rings is 2. The van der Waals surface area contributed by atoms with Crippen molar-refractivity contribution in [3.8, 4) is 11.5 Å². The number of ether oxygens (including phenoxy) is 2. The van der Waals surface area contributed by atoms with Gasteiger partial charge in [0.15, 0.2) is 16.7 Å². The molecule has 0 aliphatic carbocycles. The zero-order chi connectivity index (χ0) is 21.2. The van der Waals surface area contributed by atoms with Crippen molar-refractivity contribution >= 4 is 35.1 Å². The molecule has 1 N–H and O–H groups in total. The molecular weight excluding hydrogens is 434 g/mol. The number of carbonyl (C=O) groups is 1. The second-order valence-electron chi connectivity index (χ2n) is 7.05. The van der Waals surface area contributed by atoms with Crippen molar-refractivity contribution in [2.24, 2.45) is 0 Å². The first-order valence-corrected chi connectivity index (χ1v) is 11.8. The molecule has 0 spiro atoms. The number of hydrogen-bond donors (Lipinski definition) is 1. The van der Waals surface area contributed by atoms with E-state index < -0.39 is 0 Å². The van der Waals surface area contributed by atoms with Crippen molar-refractivity contribution in [2.45, 2.75) is 23.0 Å². The van der Waals surface area contributed by atoms with Gasteiger partial charge >= 0.3 is 0 Å². The van der Waals surface area contributed by atoms with Crippen molar-refractivity contribution in [1.29, 1.82) is 0 Å². The van der Waals surface area contributed by atoms with Gasteiger partial charge in [-0.15, -0.1) is 11.8 Å². The van der Waals surface area contributed by atoms with E-state index in [0.717, 1.165) is 28.3 Å². The molecule has 0 radical (unpaired) electrons. The first-order valence-electron chi connectivity index (χ1n) is 9.80. The van der Waals surface area contributed by atoms with Gasteiger partial charge in [0.05, 0.1) is 22.9 Å². The minimum absolute atomic E-state index is 0.0324. The lowest BCUT2D eigenvalue weighted by Crippen LogP contribution is -2.26. The first kappa shape index (κ1) is 20.0. The highest BCUT2D eigenvalue weighted by Gasteiger charge is 2.22. The summed E-state index contributed by atoms with van der Waals surface area (Å²) in [7, 11) is 0. The van der Waals surface area contributed by atoms with Gasteiger partial charge in [0.1, 0.15) is 0 Å². The molecule has 0 fully saturated rings. The van der Waals surface area contributed by atoms with Gasteiger partial charge in [0.25, 0.3) is 5.56 Å². The second-order valence-corrected chi connectivity index (χ2v) is 9.10. The molecule has 2 aromatic carbocycles. The van der Waals surface area contributed by atoms with E-state index in [-0.39, 0.29) is 24.0 Å². The van der Waals surface area contributed by atoms with Crippen LogP contribution in [-0.2, 0) is 17.8 Å². The van der Waals surface area contributed by atoms with Gasteiger partial charge in [-0.1, -0.05) is 42.1 Å². The molecule has 0 saturated carbocycles. The number of aromatic nitrogens is 2. The number of carbonyl (C=O) groups excluding carboxylic acids is 1. The Labute approximate surface area is 187 Å². The summed E-state index contributed by atoms with van der Waals surface area (Å²) in [5.41, 5.74) is 2.45. The molecular formula is C22H19N3O4S2. The second kappa shape index (κ2) is 8.68. The van der Waals surface area contributed by atoms with Gasteiger partial charge in [0.2, 0.25) is 12.7 Å². The minimum atomic E-state index is -0.181. The lowest BCUT2D eigenvalue weighted by atomic mass is 10.2. The lowest BCUT2D eigenvalue weighted by molar-refractivity contribution is -0.113. The average Bonchev–Trinajstić information content (AvgIpc) is 3.44. The average molecular weight is 454 g/mol. The van der Waals surface area contributed by atoms with Gasteiger partial charge < -0.3 is 14.8 Å². The van der Waals surface area contributed by atoms with E-state index in [1.165, 1.54) is 11.8 Å². The largest absolute Gasteiger partial charge is 0.454 e. The molecule has 31 heavy (non-hydrogen) atoms. The molecule has 158 valence electrons. The van der Waals surface area contributed by atoms with Crippen LogP contribution in [0.25, 0.3) is 0 Å². The SMILES string of the molecule is O=C(CSc1nc2c(c(=O)n1Cc1ccccc1)SCC2)Nc1ccc2c(c1)OCO2. The van der Waals surface area contributed by atoms with Gasteiger partial charge in [-0.2, -0.15) is 0 Å². The van der Waals surface area contributed by atoms with Gasteiger partial charge in [-0.3, -0.25) is 14.2 Å². The van der Waals surface area contributed by atoms with Crippen molar-refractivity contribution in [3.63, 3.8) is 0 Å². The van der Waals surface area contributed by atoms with Crippen molar-refractivity contribution in [3.05, 3.63) is 70.1 Å². The fourth-order valence-electron chi connectivity index (χ4n) is 3.44. The molecule has 0 saturated heterocycles. The fourth-order valence-corrected chi connectivity index (χ4v) is 5.30. The van der Waals surface area contributed by atoms with E-state index in [2.05, 4.69) is 5.32 Å². The molecule has 3 heterocycles. The van der Waals surface area contributed by atoms with Crippen LogP contribution < -0.4 is 20.3 Å². The number of thioether (sulfide) groups is 2. The standard InChI is InChI=1S/C22H19N3O4S2/c26-19(23-15-6-7-17-18(10-15)29-13-28-17)12-31-22-24-16-8-9-30-20(16)21(27)25(22)11-14-4-2-1-3-5-14/h1-7,10H,8-9,11-13H2,(H,23,26). The fraction of sp³-hybridized carbons (Fsp3) is 0.227. The Morgan fingerprint density at radius 2 is 2.00 bits per heavy atom. The molecule has 2 aliphatic rings. The van der Waals surface area contributed by atoms with Crippen LogP contribution in [0.5, 0.6) is 11.5 Å².